The Kier molecular flexibility index (Phi) is 3.23. The van der Waals surface area contributed by atoms with Crippen molar-refractivity contribution in [1.82, 2.24) is 0 Å². The van der Waals surface area contributed by atoms with Gasteiger partial charge in [0.05, 0.1) is 6.42 Å². The third-order valence-electron chi connectivity index (χ3n) is 3.99. The standard InChI is InChI=1S/C17H13ClN2O3/c18-11-1-4-14-10(5-11)7-15(23-14)17(22)19-12-2-3-13-9(6-12)8-16(21)20-13/h1-6,15H,7-8H2,(H,19,22)(H,20,21). The van der Waals surface area contributed by atoms with Gasteiger partial charge in [0.25, 0.3) is 5.91 Å². The average molecular weight is 329 g/mol. The molecule has 0 radical (unpaired) electrons. The van der Waals surface area contributed by atoms with Crippen molar-refractivity contribution >= 4 is 34.8 Å². The van der Waals surface area contributed by atoms with Crippen molar-refractivity contribution in [2.75, 3.05) is 10.6 Å². The fraction of sp³-hybridized carbons (Fsp3) is 0.176. The van der Waals surface area contributed by atoms with Crippen LogP contribution in [0.25, 0.3) is 0 Å². The molecule has 2 heterocycles. The van der Waals surface area contributed by atoms with E-state index < -0.39 is 6.10 Å². The lowest BCUT2D eigenvalue weighted by atomic mass is 10.1. The Bertz CT molecular complexity index is 835. The number of carbonyl (C=O) groups is 2. The minimum absolute atomic E-state index is 0.0325. The molecule has 0 saturated heterocycles. The molecule has 1 atom stereocenters. The maximum atomic E-state index is 12.4. The molecule has 23 heavy (non-hydrogen) atoms. The maximum absolute atomic E-state index is 12.4. The minimum atomic E-state index is -0.573. The molecule has 0 bridgehead atoms. The van der Waals surface area contributed by atoms with Crippen LogP contribution in [0, 0.1) is 0 Å². The Labute approximate surface area is 137 Å². The second-order valence-corrected chi connectivity index (χ2v) is 6.09. The maximum Gasteiger partial charge on any atom is 0.265 e. The van der Waals surface area contributed by atoms with Crippen LogP contribution in [0.3, 0.4) is 0 Å². The molecule has 1 unspecified atom stereocenters. The predicted octanol–water partition coefficient (Wildman–Crippen LogP) is 2.78. The van der Waals surface area contributed by atoms with Crippen molar-refractivity contribution in [2.45, 2.75) is 18.9 Å². The summed E-state index contributed by atoms with van der Waals surface area (Å²) >= 11 is 5.96. The van der Waals surface area contributed by atoms with Crippen LogP contribution in [-0.4, -0.2) is 17.9 Å². The summed E-state index contributed by atoms with van der Waals surface area (Å²) < 4.78 is 5.67. The van der Waals surface area contributed by atoms with Gasteiger partial charge in [-0.15, -0.1) is 0 Å². The molecule has 6 heteroatoms. The van der Waals surface area contributed by atoms with Crippen molar-refractivity contribution in [3.05, 3.63) is 52.5 Å². The van der Waals surface area contributed by atoms with Gasteiger partial charge in [-0.1, -0.05) is 11.6 Å². The van der Waals surface area contributed by atoms with Gasteiger partial charge in [-0.2, -0.15) is 0 Å². The Balaban J connectivity index is 1.47. The lowest BCUT2D eigenvalue weighted by molar-refractivity contribution is -0.122. The highest BCUT2D eigenvalue weighted by Crippen LogP contribution is 2.32. The first-order valence-corrected chi connectivity index (χ1v) is 7.65. The number of rotatable bonds is 2. The Morgan fingerprint density at radius 2 is 2.09 bits per heavy atom. The molecule has 2 amide bonds. The summed E-state index contributed by atoms with van der Waals surface area (Å²) in [7, 11) is 0. The summed E-state index contributed by atoms with van der Waals surface area (Å²) in [4.78, 5) is 23.7. The molecular weight excluding hydrogens is 316 g/mol. The highest BCUT2D eigenvalue weighted by Gasteiger charge is 2.29. The molecule has 0 aromatic heterocycles. The van der Waals surface area contributed by atoms with E-state index in [-0.39, 0.29) is 11.8 Å². The quantitative estimate of drug-likeness (QED) is 0.890. The molecule has 2 aliphatic heterocycles. The molecule has 116 valence electrons. The number of anilines is 2. The van der Waals surface area contributed by atoms with Crippen molar-refractivity contribution < 1.29 is 14.3 Å². The smallest absolute Gasteiger partial charge is 0.265 e. The number of benzene rings is 2. The second kappa shape index (κ2) is 5.28. The number of amides is 2. The molecule has 2 N–H and O–H groups in total. The van der Waals surface area contributed by atoms with Gasteiger partial charge in [0.2, 0.25) is 5.91 Å². The summed E-state index contributed by atoms with van der Waals surface area (Å²) in [6, 6.07) is 10.7. The molecule has 0 fully saturated rings. The van der Waals surface area contributed by atoms with Gasteiger partial charge in [-0.05, 0) is 47.5 Å². The summed E-state index contributed by atoms with van der Waals surface area (Å²) in [6.07, 6.45) is 0.256. The molecule has 2 aromatic rings. The number of ether oxygens (including phenoxy) is 1. The van der Waals surface area contributed by atoms with E-state index in [9.17, 15) is 9.59 Å². The van der Waals surface area contributed by atoms with Crippen molar-refractivity contribution in [3.8, 4) is 5.75 Å². The fourth-order valence-electron chi connectivity index (χ4n) is 2.89. The Morgan fingerprint density at radius 3 is 2.96 bits per heavy atom. The summed E-state index contributed by atoms with van der Waals surface area (Å²) in [5.41, 5.74) is 3.27. The van der Waals surface area contributed by atoms with Gasteiger partial charge >= 0.3 is 0 Å². The van der Waals surface area contributed by atoms with Crippen molar-refractivity contribution in [3.63, 3.8) is 0 Å². The van der Waals surface area contributed by atoms with E-state index in [0.717, 1.165) is 16.8 Å². The molecule has 2 aliphatic rings. The van der Waals surface area contributed by atoms with E-state index in [4.69, 9.17) is 16.3 Å². The van der Waals surface area contributed by atoms with E-state index in [1.54, 1.807) is 24.3 Å². The molecular formula is C17H13ClN2O3. The van der Waals surface area contributed by atoms with Gasteiger partial charge in [0.1, 0.15) is 5.75 Å². The third kappa shape index (κ3) is 2.64. The SMILES string of the molecule is O=C1Cc2cc(NC(=O)C3Cc4cc(Cl)ccc4O3)ccc2N1. The number of nitrogens with one attached hydrogen (secondary N) is 2. The van der Waals surface area contributed by atoms with Gasteiger partial charge in [0, 0.05) is 22.8 Å². The van der Waals surface area contributed by atoms with Crippen LogP contribution in [0.15, 0.2) is 36.4 Å². The van der Waals surface area contributed by atoms with E-state index in [1.807, 2.05) is 12.1 Å². The van der Waals surface area contributed by atoms with Crippen molar-refractivity contribution in [2.24, 2.45) is 0 Å². The van der Waals surface area contributed by atoms with E-state index in [2.05, 4.69) is 10.6 Å². The lowest BCUT2D eigenvalue weighted by Gasteiger charge is -2.12. The van der Waals surface area contributed by atoms with Crippen LogP contribution in [0.5, 0.6) is 5.75 Å². The van der Waals surface area contributed by atoms with Gasteiger partial charge in [-0.3, -0.25) is 9.59 Å². The van der Waals surface area contributed by atoms with Crippen LogP contribution in [0.4, 0.5) is 11.4 Å². The highest BCUT2D eigenvalue weighted by atomic mass is 35.5. The van der Waals surface area contributed by atoms with Crippen LogP contribution >= 0.6 is 11.6 Å². The zero-order valence-electron chi connectivity index (χ0n) is 12.1. The Morgan fingerprint density at radius 1 is 1.22 bits per heavy atom. The first kappa shape index (κ1) is 14.1. The van der Waals surface area contributed by atoms with Gasteiger partial charge < -0.3 is 15.4 Å². The van der Waals surface area contributed by atoms with Crippen LogP contribution < -0.4 is 15.4 Å². The summed E-state index contributed by atoms with van der Waals surface area (Å²) in [5.74, 6) is 0.447. The summed E-state index contributed by atoms with van der Waals surface area (Å²) in [6.45, 7) is 0. The zero-order chi connectivity index (χ0) is 16.0. The third-order valence-corrected chi connectivity index (χ3v) is 4.22. The molecule has 0 aliphatic carbocycles. The number of carbonyl (C=O) groups excluding carboxylic acids is 2. The molecule has 0 saturated carbocycles. The topological polar surface area (TPSA) is 67.4 Å². The van der Waals surface area contributed by atoms with E-state index in [0.29, 0.717) is 29.3 Å². The molecule has 5 nitrogen and oxygen atoms in total. The second-order valence-electron chi connectivity index (χ2n) is 5.65. The lowest BCUT2D eigenvalue weighted by Crippen LogP contribution is -2.31. The number of fused-ring (bicyclic) bond motifs is 2. The monoisotopic (exact) mass is 328 g/mol. The van der Waals surface area contributed by atoms with Crippen molar-refractivity contribution in [1.29, 1.82) is 0 Å². The molecule has 0 spiro atoms. The average Bonchev–Trinajstić information content (AvgIpc) is 3.08. The van der Waals surface area contributed by atoms with Gasteiger partial charge in [0.15, 0.2) is 6.10 Å². The van der Waals surface area contributed by atoms with Crippen LogP contribution in [-0.2, 0) is 22.4 Å². The van der Waals surface area contributed by atoms with Gasteiger partial charge in [-0.25, -0.2) is 0 Å². The normalized spacial score (nSPS) is 18.0. The fourth-order valence-corrected chi connectivity index (χ4v) is 3.09. The molecule has 4 rings (SSSR count). The van der Waals surface area contributed by atoms with E-state index in [1.165, 1.54) is 0 Å². The molecule has 2 aromatic carbocycles. The van der Waals surface area contributed by atoms with Crippen LogP contribution in [0.2, 0.25) is 5.02 Å². The number of hydrogen-bond donors (Lipinski definition) is 2. The first-order chi connectivity index (χ1) is 11.1. The van der Waals surface area contributed by atoms with Crippen LogP contribution in [0.1, 0.15) is 11.1 Å². The number of hydrogen-bond acceptors (Lipinski definition) is 3. The summed E-state index contributed by atoms with van der Waals surface area (Å²) in [5, 5.41) is 6.23. The highest BCUT2D eigenvalue weighted by molar-refractivity contribution is 6.30. The Hall–Kier alpha value is -2.53. The first-order valence-electron chi connectivity index (χ1n) is 7.27. The van der Waals surface area contributed by atoms with E-state index >= 15 is 0 Å². The number of halogens is 1. The predicted molar refractivity (Wildman–Crippen MR) is 87.0 cm³/mol. The largest absolute Gasteiger partial charge is 0.480 e. The minimum Gasteiger partial charge on any atom is -0.480 e. The zero-order valence-corrected chi connectivity index (χ0v) is 12.8.